The Hall–Kier alpha value is -1.06. The van der Waals surface area contributed by atoms with Gasteiger partial charge in [0.05, 0.1) is 6.04 Å². The number of benzene rings is 1. The summed E-state index contributed by atoms with van der Waals surface area (Å²) < 4.78 is 0. The molecule has 2 rings (SSSR count). The number of amides is 1. The molecule has 1 aromatic rings. The van der Waals surface area contributed by atoms with Gasteiger partial charge in [-0.1, -0.05) is 23.7 Å². The van der Waals surface area contributed by atoms with Crippen LogP contribution in [0.25, 0.3) is 0 Å². The van der Waals surface area contributed by atoms with E-state index in [-0.39, 0.29) is 18.0 Å². The van der Waals surface area contributed by atoms with Crippen molar-refractivity contribution in [3.8, 4) is 0 Å². The number of hydrogen-bond donors (Lipinski definition) is 1. The molecule has 19 heavy (non-hydrogen) atoms. The van der Waals surface area contributed by atoms with Crippen molar-refractivity contribution in [2.45, 2.75) is 45.3 Å². The Morgan fingerprint density at radius 1 is 1.53 bits per heavy atom. The van der Waals surface area contributed by atoms with Gasteiger partial charge in [0.1, 0.15) is 0 Å². The smallest absolute Gasteiger partial charge is 0.240 e. The molecule has 0 unspecified atom stereocenters. The summed E-state index contributed by atoms with van der Waals surface area (Å²) in [5.74, 6) is 0.201. The summed E-state index contributed by atoms with van der Waals surface area (Å²) in [5.41, 5.74) is 1.08. The molecule has 1 atom stereocenters. The van der Waals surface area contributed by atoms with Crippen molar-refractivity contribution in [2.24, 2.45) is 0 Å². The van der Waals surface area contributed by atoms with Crippen molar-refractivity contribution in [1.82, 2.24) is 10.2 Å². The summed E-state index contributed by atoms with van der Waals surface area (Å²) in [6.07, 6.45) is 2.02. The summed E-state index contributed by atoms with van der Waals surface area (Å²) in [7, 11) is 0. The Labute approximate surface area is 119 Å². The Balaban J connectivity index is 2.09. The Morgan fingerprint density at radius 2 is 2.32 bits per heavy atom. The standard InChI is InChI=1S/C15H21ClN2O/c1-11(2)18(15(19)14-7-4-8-17-14)10-12-5-3-6-13(16)9-12/h3,5-6,9,11,14,17H,4,7-8,10H2,1-2H3/t14-/m0/s1. The van der Waals surface area contributed by atoms with E-state index < -0.39 is 0 Å². The highest BCUT2D eigenvalue weighted by atomic mass is 35.5. The molecule has 4 heteroatoms. The first kappa shape index (κ1) is 14.4. The first-order valence-electron chi connectivity index (χ1n) is 6.86. The van der Waals surface area contributed by atoms with Crippen molar-refractivity contribution in [2.75, 3.05) is 6.54 Å². The zero-order valence-electron chi connectivity index (χ0n) is 11.5. The first-order chi connectivity index (χ1) is 9.08. The Bertz CT molecular complexity index is 442. The number of nitrogens with one attached hydrogen (secondary N) is 1. The van der Waals surface area contributed by atoms with E-state index in [1.54, 1.807) is 0 Å². The van der Waals surface area contributed by atoms with Gasteiger partial charge in [-0.3, -0.25) is 4.79 Å². The lowest BCUT2D eigenvalue weighted by Gasteiger charge is -2.29. The number of carbonyl (C=O) groups excluding carboxylic acids is 1. The molecule has 0 aromatic heterocycles. The van der Waals surface area contributed by atoms with Crippen LogP contribution in [0, 0.1) is 0 Å². The SMILES string of the molecule is CC(C)N(Cc1cccc(Cl)c1)C(=O)[C@@H]1CCCN1. The highest BCUT2D eigenvalue weighted by Crippen LogP contribution is 2.17. The summed E-state index contributed by atoms with van der Waals surface area (Å²) in [6, 6.07) is 7.89. The molecule has 1 aliphatic rings. The van der Waals surface area contributed by atoms with E-state index in [9.17, 15) is 4.79 Å². The van der Waals surface area contributed by atoms with Gasteiger partial charge in [0.15, 0.2) is 0 Å². The van der Waals surface area contributed by atoms with E-state index >= 15 is 0 Å². The van der Waals surface area contributed by atoms with Crippen molar-refractivity contribution in [3.63, 3.8) is 0 Å². The van der Waals surface area contributed by atoms with E-state index in [4.69, 9.17) is 11.6 Å². The summed E-state index contributed by atoms with van der Waals surface area (Å²) in [6.45, 7) is 5.67. The highest BCUT2D eigenvalue weighted by molar-refractivity contribution is 6.30. The van der Waals surface area contributed by atoms with Gasteiger partial charge in [0, 0.05) is 17.6 Å². The van der Waals surface area contributed by atoms with Gasteiger partial charge >= 0.3 is 0 Å². The van der Waals surface area contributed by atoms with Gasteiger partial charge in [-0.15, -0.1) is 0 Å². The maximum Gasteiger partial charge on any atom is 0.240 e. The molecule has 1 aliphatic heterocycles. The predicted molar refractivity (Wildman–Crippen MR) is 78.2 cm³/mol. The van der Waals surface area contributed by atoms with Crippen LogP contribution in [0.15, 0.2) is 24.3 Å². The molecule has 0 radical (unpaired) electrons. The molecule has 3 nitrogen and oxygen atoms in total. The van der Waals surface area contributed by atoms with E-state index in [2.05, 4.69) is 19.2 Å². The van der Waals surface area contributed by atoms with Crippen LogP contribution in [0.3, 0.4) is 0 Å². The molecular formula is C15H21ClN2O. The monoisotopic (exact) mass is 280 g/mol. The molecule has 104 valence electrons. The molecule has 0 bridgehead atoms. The van der Waals surface area contributed by atoms with Gasteiger partial charge in [0.2, 0.25) is 5.91 Å². The topological polar surface area (TPSA) is 32.3 Å². The fourth-order valence-corrected chi connectivity index (χ4v) is 2.66. The maximum absolute atomic E-state index is 12.5. The quantitative estimate of drug-likeness (QED) is 0.920. The van der Waals surface area contributed by atoms with Gasteiger partial charge in [-0.2, -0.15) is 0 Å². The molecular weight excluding hydrogens is 260 g/mol. The lowest BCUT2D eigenvalue weighted by Crippen LogP contribution is -2.46. The second-order valence-electron chi connectivity index (χ2n) is 5.34. The van der Waals surface area contributed by atoms with E-state index in [1.807, 2.05) is 29.2 Å². The molecule has 1 amide bonds. The second-order valence-corrected chi connectivity index (χ2v) is 5.78. The molecule has 1 N–H and O–H groups in total. The minimum Gasteiger partial charge on any atom is -0.335 e. The van der Waals surface area contributed by atoms with Crippen LogP contribution in [0.2, 0.25) is 5.02 Å². The van der Waals surface area contributed by atoms with Crippen LogP contribution < -0.4 is 5.32 Å². The van der Waals surface area contributed by atoms with Crippen molar-refractivity contribution >= 4 is 17.5 Å². The third-order valence-corrected chi connectivity index (χ3v) is 3.74. The largest absolute Gasteiger partial charge is 0.335 e. The number of rotatable bonds is 4. The molecule has 0 saturated carbocycles. The third-order valence-electron chi connectivity index (χ3n) is 3.51. The second kappa shape index (κ2) is 6.40. The summed E-state index contributed by atoms with van der Waals surface area (Å²) in [4.78, 5) is 14.4. The van der Waals surface area contributed by atoms with Gasteiger partial charge in [0.25, 0.3) is 0 Å². The van der Waals surface area contributed by atoms with Crippen molar-refractivity contribution < 1.29 is 4.79 Å². The minimum atomic E-state index is -0.0124. The van der Waals surface area contributed by atoms with E-state index in [0.29, 0.717) is 11.6 Å². The maximum atomic E-state index is 12.5. The van der Waals surface area contributed by atoms with Gasteiger partial charge in [-0.05, 0) is 50.9 Å². The van der Waals surface area contributed by atoms with Gasteiger partial charge in [-0.25, -0.2) is 0 Å². The Morgan fingerprint density at radius 3 is 2.89 bits per heavy atom. The lowest BCUT2D eigenvalue weighted by atomic mass is 10.1. The molecule has 1 aromatic carbocycles. The predicted octanol–water partition coefficient (Wildman–Crippen LogP) is 2.83. The fourth-order valence-electron chi connectivity index (χ4n) is 2.44. The summed E-state index contributed by atoms with van der Waals surface area (Å²) >= 11 is 6.00. The Kier molecular flexibility index (Phi) is 4.83. The number of hydrogen-bond acceptors (Lipinski definition) is 2. The number of halogens is 1. The van der Waals surface area contributed by atoms with Crippen LogP contribution >= 0.6 is 11.6 Å². The molecule has 1 heterocycles. The molecule has 1 saturated heterocycles. The molecule has 1 fully saturated rings. The number of nitrogens with zero attached hydrogens (tertiary/aromatic N) is 1. The molecule has 0 spiro atoms. The first-order valence-corrected chi connectivity index (χ1v) is 7.24. The minimum absolute atomic E-state index is 0.0124. The van der Waals surface area contributed by atoms with Crippen molar-refractivity contribution in [3.05, 3.63) is 34.9 Å². The van der Waals surface area contributed by atoms with Crippen LogP contribution in [-0.2, 0) is 11.3 Å². The van der Waals surface area contributed by atoms with Crippen LogP contribution in [0.1, 0.15) is 32.3 Å². The van der Waals surface area contributed by atoms with E-state index in [0.717, 1.165) is 24.9 Å². The van der Waals surface area contributed by atoms with Crippen LogP contribution in [-0.4, -0.2) is 29.4 Å². The third kappa shape index (κ3) is 3.71. The highest BCUT2D eigenvalue weighted by Gasteiger charge is 2.28. The van der Waals surface area contributed by atoms with Gasteiger partial charge < -0.3 is 10.2 Å². The van der Waals surface area contributed by atoms with Crippen molar-refractivity contribution in [1.29, 1.82) is 0 Å². The van der Waals surface area contributed by atoms with E-state index in [1.165, 1.54) is 0 Å². The average molecular weight is 281 g/mol. The molecule has 0 aliphatic carbocycles. The zero-order chi connectivity index (χ0) is 13.8. The average Bonchev–Trinajstić information content (AvgIpc) is 2.88. The van der Waals surface area contributed by atoms with Crippen LogP contribution in [0.4, 0.5) is 0 Å². The summed E-state index contributed by atoms with van der Waals surface area (Å²) in [5, 5.41) is 3.99. The lowest BCUT2D eigenvalue weighted by molar-refractivity contribution is -0.135. The fraction of sp³-hybridized carbons (Fsp3) is 0.533. The number of carbonyl (C=O) groups is 1. The zero-order valence-corrected chi connectivity index (χ0v) is 12.3. The normalized spacial score (nSPS) is 18.8. The van der Waals surface area contributed by atoms with Crippen LogP contribution in [0.5, 0.6) is 0 Å².